The molecule has 0 saturated carbocycles. The van der Waals surface area contributed by atoms with E-state index in [2.05, 4.69) is 9.97 Å². The summed E-state index contributed by atoms with van der Waals surface area (Å²) in [6.07, 6.45) is 0. The van der Waals surface area contributed by atoms with Gasteiger partial charge in [0, 0.05) is 10.3 Å². The van der Waals surface area contributed by atoms with Gasteiger partial charge in [-0.05, 0) is 26.0 Å². The molecule has 0 spiro atoms. The number of rotatable bonds is 2. The van der Waals surface area contributed by atoms with Gasteiger partial charge in [-0.3, -0.25) is 0 Å². The number of aryl methyl sites for hydroxylation is 2. The van der Waals surface area contributed by atoms with Crippen molar-refractivity contribution in [3.05, 3.63) is 45.5 Å². The van der Waals surface area contributed by atoms with Crippen LogP contribution < -0.4 is 0 Å². The first-order valence-electron chi connectivity index (χ1n) is 6.24. The molecule has 3 aromatic rings. The summed E-state index contributed by atoms with van der Waals surface area (Å²) >= 11 is 1.50. The number of hydrogen-bond donors (Lipinski definition) is 1. The third kappa shape index (κ3) is 2.27. The molecular formula is C15H11FN2O2S. The third-order valence-corrected chi connectivity index (χ3v) is 4.05. The van der Waals surface area contributed by atoms with Crippen molar-refractivity contribution in [2.45, 2.75) is 13.8 Å². The molecule has 2 aromatic heterocycles. The average Bonchev–Trinajstić information content (AvgIpc) is 2.77. The van der Waals surface area contributed by atoms with Crippen LogP contribution in [0, 0.1) is 19.7 Å². The fraction of sp³-hybridized carbons (Fsp3) is 0.133. The van der Waals surface area contributed by atoms with E-state index in [9.17, 15) is 14.3 Å². The summed E-state index contributed by atoms with van der Waals surface area (Å²) in [6.45, 7) is 3.74. The number of thiazole rings is 1. The lowest BCUT2D eigenvalue weighted by Crippen LogP contribution is -2.01. The quantitative estimate of drug-likeness (QED) is 0.782. The number of nitrogens with zero attached hydrogens (tertiary/aromatic N) is 2. The van der Waals surface area contributed by atoms with E-state index in [0.29, 0.717) is 11.4 Å². The van der Waals surface area contributed by atoms with Crippen LogP contribution in [-0.4, -0.2) is 21.0 Å². The number of hydrogen-bond acceptors (Lipinski definition) is 4. The van der Waals surface area contributed by atoms with Crippen LogP contribution in [0.3, 0.4) is 0 Å². The molecule has 0 fully saturated rings. The molecule has 1 N–H and O–H groups in total. The number of halogens is 1. The summed E-state index contributed by atoms with van der Waals surface area (Å²) in [5, 5.41) is 10.5. The van der Waals surface area contributed by atoms with Crippen molar-refractivity contribution in [2.24, 2.45) is 0 Å². The van der Waals surface area contributed by atoms with Crippen LogP contribution in [0.25, 0.3) is 22.3 Å². The average molecular weight is 302 g/mol. The van der Waals surface area contributed by atoms with Crippen LogP contribution >= 0.6 is 11.3 Å². The Morgan fingerprint density at radius 2 is 2.05 bits per heavy atom. The SMILES string of the molecule is Cc1nc(-c2cc(C(=O)O)c3cccc(F)c3n2)c(C)s1. The number of pyridine rings is 1. The maximum Gasteiger partial charge on any atom is 0.336 e. The fourth-order valence-corrected chi connectivity index (χ4v) is 3.11. The Hall–Kier alpha value is -2.34. The van der Waals surface area contributed by atoms with Gasteiger partial charge >= 0.3 is 5.97 Å². The molecule has 0 aliphatic heterocycles. The summed E-state index contributed by atoms with van der Waals surface area (Å²) < 4.78 is 14.0. The van der Waals surface area contributed by atoms with E-state index in [1.54, 1.807) is 6.07 Å². The van der Waals surface area contributed by atoms with Gasteiger partial charge in [-0.1, -0.05) is 12.1 Å². The maximum absolute atomic E-state index is 14.0. The lowest BCUT2D eigenvalue weighted by Gasteiger charge is -2.06. The number of aromatic nitrogens is 2. The highest BCUT2D eigenvalue weighted by Crippen LogP contribution is 2.30. The zero-order chi connectivity index (χ0) is 15.1. The van der Waals surface area contributed by atoms with Gasteiger partial charge in [0.15, 0.2) is 0 Å². The number of carboxylic acids is 1. The van der Waals surface area contributed by atoms with Crippen molar-refractivity contribution in [2.75, 3.05) is 0 Å². The number of fused-ring (bicyclic) bond motifs is 1. The number of carbonyl (C=O) groups is 1. The topological polar surface area (TPSA) is 63.1 Å². The highest BCUT2D eigenvalue weighted by atomic mass is 32.1. The Morgan fingerprint density at radius 3 is 2.67 bits per heavy atom. The second kappa shape index (κ2) is 4.89. The molecule has 0 atom stereocenters. The van der Waals surface area contributed by atoms with Crippen molar-refractivity contribution in [1.82, 2.24) is 9.97 Å². The van der Waals surface area contributed by atoms with Crippen molar-refractivity contribution < 1.29 is 14.3 Å². The van der Waals surface area contributed by atoms with Crippen LogP contribution in [0.15, 0.2) is 24.3 Å². The molecule has 0 unspecified atom stereocenters. The molecule has 0 saturated heterocycles. The van der Waals surface area contributed by atoms with Crippen molar-refractivity contribution in [3.8, 4) is 11.4 Å². The van der Waals surface area contributed by atoms with Crippen LogP contribution in [-0.2, 0) is 0 Å². The van der Waals surface area contributed by atoms with Gasteiger partial charge < -0.3 is 5.11 Å². The van der Waals surface area contributed by atoms with E-state index in [1.165, 1.54) is 29.5 Å². The van der Waals surface area contributed by atoms with Gasteiger partial charge in [0.2, 0.25) is 0 Å². The molecule has 6 heteroatoms. The second-order valence-corrected chi connectivity index (χ2v) is 6.04. The van der Waals surface area contributed by atoms with Gasteiger partial charge in [0.1, 0.15) is 17.0 Å². The van der Waals surface area contributed by atoms with Crippen LogP contribution in [0.5, 0.6) is 0 Å². The first-order chi connectivity index (χ1) is 9.97. The number of carboxylic acid groups (broad SMARTS) is 1. The van der Waals surface area contributed by atoms with Gasteiger partial charge in [-0.2, -0.15) is 0 Å². The monoisotopic (exact) mass is 302 g/mol. The predicted molar refractivity (Wildman–Crippen MR) is 79.2 cm³/mol. The first kappa shape index (κ1) is 13.6. The molecule has 0 bridgehead atoms. The maximum atomic E-state index is 14.0. The van der Waals surface area contributed by atoms with Crippen molar-refractivity contribution in [1.29, 1.82) is 0 Å². The predicted octanol–water partition coefficient (Wildman–Crippen LogP) is 3.81. The Balaban J connectivity index is 2.37. The lowest BCUT2D eigenvalue weighted by molar-refractivity contribution is 0.0699. The molecule has 106 valence electrons. The van der Waals surface area contributed by atoms with E-state index in [4.69, 9.17) is 0 Å². The van der Waals surface area contributed by atoms with E-state index in [-0.39, 0.29) is 16.5 Å². The highest BCUT2D eigenvalue weighted by Gasteiger charge is 2.17. The minimum Gasteiger partial charge on any atom is -0.478 e. The first-order valence-corrected chi connectivity index (χ1v) is 7.06. The number of aromatic carboxylic acids is 1. The van der Waals surface area contributed by atoms with E-state index >= 15 is 0 Å². The molecule has 1 aromatic carbocycles. The number of para-hydroxylation sites is 1. The van der Waals surface area contributed by atoms with E-state index in [0.717, 1.165) is 9.88 Å². The number of benzene rings is 1. The van der Waals surface area contributed by atoms with Crippen LogP contribution in [0.2, 0.25) is 0 Å². The van der Waals surface area contributed by atoms with E-state index < -0.39 is 11.8 Å². The van der Waals surface area contributed by atoms with Crippen LogP contribution in [0.1, 0.15) is 20.2 Å². The fourth-order valence-electron chi connectivity index (χ4n) is 2.28. The molecule has 0 aliphatic rings. The molecule has 4 nitrogen and oxygen atoms in total. The molecule has 0 aliphatic carbocycles. The third-order valence-electron chi connectivity index (χ3n) is 3.17. The lowest BCUT2D eigenvalue weighted by atomic mass is 10.1. The largest absolute Gasteiger partial charge is 0.478 e. The van der Waals surface area contributed by atoms with Crippen molar-refractivity contribution >= 4 is 28.2 Å². The van der Waals surface area contributed by atoms with Gasteiger partial charge in [-0.15, -0.1) is 11.3 Å². The Morgan fingerprint density at radius 1 is 1.29 bits per heavy atom. The summed E-state index contributed by atoms with van der Waals surface area (Å²) in [7, 11) is 0. The van der Waals surface area contributed by atoms with Gasteiger partial charge in [-0.25, -0.2) is 19.2 Å². The Bertz CT molecular complexity index is 873. The summed E-state index contributed by atoms with van der Waals surface area (Å²) in [4.78, 5) is 21.0. The summed E-state index contributed by atoms with van der Waals surface area (Å²) in [5.74, 6) is -1.65. The normalized spacial score (nSPS) is 11.0. The smallest absolute Gasteiger partial charge is 0.336 e. The molecule has 21 heavy (non-hydrogen) atoms. The van der Waals surface area contributed by atoms with Gasteiger partial charge in [0.25, 0.3) is 0 Å². The van der Waals surface area contributed by atoms with Crippen LogP contribution in [0.4, 0.5) is 4.39 Å². The van der Waals surface area contributed by atoms with Gasteiger partial charge in [0.05, 0.1) is 16.3 Å². The summed E-state index contributed by atoms with van der Waals surface area (Å²) in [5.41, 5.74) is 1.06. The molecule has 0 radical (unpaired) electrons. The minimum absolute atomic E-state index is 0.0274. The molecule has 2 heterocycles. The molecular weight excluding hydrogens is 291 g/mol. The standard InChI is InChI=1S/C15H11FN2O2S/c1-7-13(17-8(2)21-7)12-6-10(15(19)20)9-4-3-5-11(16)14(9)18-12/h3-6H,1-2H3,(H,19,20). The molecule has 0 amide bonds. The summed E-state index contributed by atoms with van der Waals surface area (Å²) in [6, 6.07) is 5.75. The minimum atomic E-state index is -1.11. The zero-order valence-corrected chi connectivity index (χ0v) is 12.2. The Kier molecular flexibility index (Phi) is 3.17. The second-order valence-electron chi connectivity index (χ2n) is 4.63. The van der Waals surface area contributed by atoms with Crippen molar-refractivity contribution in [3.63, 3.8) is 0 Å². The van der Waals surface area contributed by atoms with E-state index in [1.807, 2.05) is 13.8 Å². The molecule has 3 rings (SSSR count). The highest BCUT2D eigenvalue weighted by molar-refractivity contribution is 7.11. The Labute approximate surface area is 123 Å². The zero-order valence-electron chi connectivity index (χ0n) is 11.3.